The van der Waals surface area contributed by atoms with Gasteiger partial charge in [0.15, 0.2) is 6.61 Å². The molecule has 0 unspecified atom stereocenters. The Morgan fingerprint density at radius 1 is 0.861 bits per heavy atom. The quantitative estimate of drug-likeness (QED) is 0.206. The van der Waals surface area contributed by atoms with Crippen LogP contribution in [-0.4, -0.2) is 18.7 Å². The number of anilines is 3. The number of carbonyl (C=O) groups excluding carboxylic acids is 1. The van der Waals surface area contributed by atoms with E-state index in [0.29, 0.717) is 5.92 Å². The van der Waals surface area contributed by atoms with E-state index < -0.39 is 0 Å². The Balaban J connectivity index is 1.39. The zero-order valence-corrected chi connectivity index (χ0v) is 20.9. The van der Waals surface area contributed by atoms with Crippen LogP contribution in [0, 0.1) is 6.92 Å². The highest BCUT2D eigenvalue weighted by molar-refractivity contribution is 5.84. The van der Waals surface area contributed by atoms with Crippen molar-refractivity contribution in [3.8, 4) is 5.75 Å². The first-order valence-electron chi connectivity index (χ1n) is 12.1. The van der Waals surface area contributed by atoms with Gasteiger partial charge in [0.25, 0.3) is 5.91 Å². The lowest BCUT2D eigenvalue weighted by Crippen LogP contribution is -2.25. The van der Waals surface area contributed by atoms with Gasteiger partial charge in [-0.2, -0.15) is 5.10 Å². The average Bonchev–Trinajstić information content (AvgIpc) is 2.90. The van der Waals surface area contributed by atoms with Crippen LogP contribution in [0.5, 0.6) is 5.75 Å². The molecule has 0 heterocycles. The SMILES string of the molecule is Cc1ccc(OCC(=O)N/N=C\c2ccc(N(c3ccccc3)c3ccccc3)cc2)c(C(C)C)c1. The van der Waals surface area contributed by atoms with Crippen molar-refractivity contribution in [2.75, 3.05) is 11.5 Å². The average molecular weight is 478 g/mol. The van der Waals surface area contributed by atoms with Crippen LogP contribution in [0.4, 0.5) is 17.1 Å². The smallest absolute Gasteiger partial charge is 0.277 e. The van der Waals surface area contributed by atoms with Gasteiger partial charge >= 0.3 is 0 Å². The van der Waals surface area contributed by atoms with Crippen LogP contribution in [0.2, 0.25) is 0 Å². The Bertz CT molecular complexity index is 1260. The van der Waals surface area contributed by atoms with Gasteiger partial charge in [-0.1, -0.05) is 80.1 Å². The molecule has 4 rings (SSSR count). The van der Waals surface area contributed by atoms with Gasteiger partial charge in [0.1, 0.15) is 5.75 Å². The summed E-state index contributed by atoms with van der Waals surface area (Å²) in [5.41, 5.74) is 8.86. The minimum atomic E-state index is -0.308. The Hall–Kier alpha value is -4.38. The van der Waals surface area contributed by atoms with Crippen molar-refractivity contribution >= 4 is 29.2 Å². The summed E-state index contributed by atoms with van der Waals surface area (Å²) in [6, 6.07) is 34.5. The molecule has 0 aromatic heterocycles. The van der Waals surface area contributed by atoms with E-state index in [2.05, 4.69) is 59.6 Å². The number of hydrazone groups is 1. The fraction of sp³-hybridized carbons (Fsp3) is 0.161. The van der Waals surface area contributed by atoms with Crippen molar-refractivity contribution in [3.63, 3.8) is 0 Å². The van der Waals surface area contributed by atoms with E-state index in [0.717, 1.165) is 33.9 Å². The van der Waals surface area contributed by atoms with Crippen molar-refractivity contribution in [3.05, 3.63) is 120 Å². The zero-order valence-electron chi connectivity index (χ0n) is 20.9. The molecular weight excluding hydrogens is 446 g/mol. The van der Waals surface area contributed by atoms with Gasteiger partial charge in [0.2, 0.25) is 0 Å². The summed E-state index contributed by atoms with van der Waals surface area (Å²) < 4.78 is 5.75. The Labute approximate surface area is 213 Å². The first-order chi connectivity index (χ1) is 17.5. The third kappa shape index (κ3) is 6.39. The zero-order chi connectivity index (χ0) is 25.3. The van der Waals surface area contributed by atoms with Crippen LogP contribution in [0.15, 0.2) is 108 Å². The van der Waals surface area contributed by atoms with Gasteiger partial charge in [0, 0.05) is 17.1 Å². The molecule has 1 amide bonds. The van der Waals surface area contributed by atoms with E-state index in [9.17, 15) is 4.79 Å². The van der Waals surface area contributed by atoms with Crippen LogP contribution in [0.25, 0.3) is 0 Å². The monoisotopic (exact) mass is 477 g/mol. The van der Waals surface area contributed by atoms with E-state index in [4.69, 9.17) is 4.74 Å². The summed E-state index contributed by atoms with van der Waals surface area (Å²) in [4.78, 5) is 14.4. The van der Waals surface area contributed by atoms with Crippen LogP contribution >= 0.6 is 0 Å². The number of ether oxygens (including phenoxy) is 1. The molecule has 0 atom stereocenters. The van der Waals surface area contributed by atoms with E-state index in [1.165, 1.54) is 5.56 Å². The Morgan fingerprint density at radius 2 is 1.44 bits per heavy atom. The molecule has 0 bridgehead atoms. The lowest BCUT2D eigenvalue weighted by molar-refractivity contribution is -0.123. The summed E-state index contributed by atoms with van der Waals surface area (Å²) in [5, 5.41) is 4.10. The molecule has 0 spiro atoms. The van der Waals surface area contributed by atoms with Gasteiger partial charge in [-0.15, -0.1) is 0 Å². The van der Waals surface area contributed by atoms with E-state index >= 15 is 0 Å². The van der Waals surface area contributed by atoms with E-state index in [-0.39, 0.29) is 12.5 Å². The van der Waals surface area contributed by atoms with E-state index in [1.54, 1.807) is 6.21 Å². The first-order valence-corrected chi connectivity index (χ1v) is 12.1. The maximum absolute atomic E-state index is 12.3. The molecule has 0 aliphatic heterocycles. The minimum absolute atomic E-state index is 0.0951. The van der Waals surface area contributed by atoms with Crippen LogP contribution in [-0.2, 0) is 4.79 Å². The fourth-order valence-corrected chi connectivity index (χ4v) is 3.92. The number of amides is 1. The third-order valence-corrected chi connectivity index (χ3v) is 5.73. The fourth-order valence-electron chi connectivity index (χ4n) is 3.92. The topological polar surface area (TPSA) is 53.9 Å². The second-order valence-electron chi connectivity index (χ2n) is 8.88. The molecule has 5 nitrogen and oxygen atoms in total. The molecule has 0 fully saturated rings. The summed E-state index contributed by atoms with van der Waals surface area (Å²) in [6.45, 7) is 6.17. The van der Waals surface area contributed by atoms with Crippen molar-refractivity contribution in [2.45, 2.75) is 26.7 Å². The highest BCUT2D eigenvalue weighted by Gasteiger charge is 2.12. The van der Waals surface area contributed by atoms with Crippen molar-refractivity contribution in [1.29, 1.82) is 0 Å². The molecular formula is C31H31N3O2. The number of nitrogens with zero attached hydrogens (tertiary/aromatic N) is 2. The number of hydrogen-bond donors (Lipinski definition) is 1. The van der Waals surface area contributed by atoms with Crippen LogP contribution < -0.4 is 15.1 Å². The molecule has 182 valence electrons. The molecule has 0 aliphatic carbocycles. The molecule has 4 aromatic rings. The van der Waals surface area contributed by atoms with Gasteiger partial charge in [0.05, 0.1) is 6.21 Å². The number of aryl methyl sites for hydroxylation is 1. The molecule has 0 saturated carbocycles. The molecule has 5 heteroatoms. The number of carbonyl (C=O) groups is 1. The maximum atomic E-state index is 12.3. The number of para-hydroxylation sites is 2. The number of hydrogen-bond acceptors (Lipinski definition) is 4. The molecule has 0 saturated heterocycles. The lowest BCUT2D eigenvalue weighted by atomic mass is 10.00. The predicted molar refractivity (Wildman–Crippen MR) is 148 cm³/mol. The van der Waals surface area contributed by atoms with Crippen molar-refractivity contribution in [1.82, 2.24) is 5.43 Å². The summed E-state index contributed by atoms with van der Waals surface area (Å²) >= 11 is 0. The highest BCUT2D eigenvalue weighted by Crippen LogP contribution is 2.34. The van der Waals surface area contributed by atoms with Gasteiger partial charge < -0.3 is 9.64 Å². The second-order valence-corrected chi connectivity index (χ2v) is 8.88. The summed E-state index contributed by atoms with van der Waals surface area (Å²) in [6.07, 6.45) is 1.63. The second kappa shape index (κ2) is 11.8. The van der Waals surface area contributed by atoms with E-state index in [1.807, 2.05) is 79.7 Å². The molecule has 0 radical (unpaired) electrons. The standard InChI is InChI=1S/C31H31N3O2/c1-23(2)29-20-24(3)14-19-30(29)36-22-31(35)33-32-21-25-15-17-28(18-16-25)34(26-10-6-4-7-11-26)27-12-8-5-9-13-27/h4-21,23H,22H2,1-3H3,(H,33,35)/b32-21-. The summed E-state index contributed by atoms with van der Waals surface area (Å²) in [5.74, 6) is 0.729. The number of rotatable bonds is 9. The number of benzene rings is 4. The normalized spacial score (nSPS) is 11.0. The van der Waals surface area contributed by atoms with Crippen LogP contribution in [0.1, 0.15) is 36.5 Å². The highest BCUT2D eigenvalue weighted by atomic mass is 16.5. The Morgan fingerprint density at radius 3 is 2.03 bits per heavy atom. The third-order valence-electron chi connectivity index (χ3n) is 5.73. The van der Waals surface area contributed by atoms with Crippen LogP contribution in [0.3, 0.4) is 0 Å². The lowest BCUT2D eigenvalue weighted by Gasteiger charge is -2.25. The van der Waals surface area contributed by atoms with Gasteiger partial charge in [-0.05, 0) is 66.4 Å². The molecule has 0 aliphatic rings. The largest absolute Gasteiger partial charge is 0.483 e. The van der Waals surface area contributed by atoms with Crippen molar-refractivity contribution < 1.29 is 9.53 Å². The van der Waals surface area contributed by atoms with Crippen molar-refractivity contribution in [2.24, 2.45) is 5.10 Å². The maximum Gasteiger partial charge on any atom is 0.277 e. The summed E-state index contributed by atoms with van der Waals surface area (Å²) in [7, 11) is 0. The molecule has 1 N–H and O–H groups in total. The van der Waals surface area contributed by atoms with Gasteiger partial charge in [-0.3, -0.25) is 4.79 Å². The number of nitrogens with one attached hydrogen (secondary N) is 1. The molecule has 4 aromatic carbocycles. The minimum Gasteiger partial charge on any atom is -0.483 e. The predicted octanol–water partition coefficient (Wildman–Crippen LogP) is 7.12. The first kappa shape index (κ1) is 24.7. The molecule has 36 heavy (non-hydrogen) atoms. The Kier molecular flexibility index (Phi) is 8.14. The van der Waals surface area contributed by atoms with Gasteiger partial charge in [-0.25, -0.2) is 5.43 Å².